The van der Waals surface area contributed by atoms with Crippen LogP contribution in [-0.4, -0.2) is 16.0 Å². The van der Waals surface area contributed by atoms with Crippen molar-refractivity contribution in [3.63, 3.8) is 0 Å². The summed E-state index contributed by atoms with van der Waals surface area (Å²) in [7, 11) is 0. The Balaban J connectivity index is -0.0000000150. The molecule has 0 amide bonds. The van der Waals surface area contributed by atoms with Gasteiger partial charge < -0.3 is 26.3 Å². The van der Waals surface area contributed by atoms with Gasteiger partial charge in [-0.2, -0.15) is 0 Å². The molecule has 0 aromatic heterocycles. The Labute approximate surface area is 71.3 Å². The third-order valence-electron chi connectivity index (χ3n) is 0. The Morgan fingerprint density at radius 1 is 1.14 bits per heavy atom. The molecule has 7 heavy (non-hydrogen) atoms. The summed E-state index contributed by atoms with van der Waals surface area (Å²) in [6.45, 7) is 0. The third kappa shape index (κ3) is 613. The van der Waals surface area contributed by atoms with Crippen molar-refractivity contribution >= 4 is 0 Å². The third-order valence-corrected chi connectivity index (χ3v) is 0. The van der Waals surface area contributed by atoms with E-state index in [9.17, 15) is 0 Å². The van der Waals surface area contributed by atoms with Gasteiger partial charge in [0.2, 0.25) is 0 Å². The zero-order valence-electron chi connectivity index (χ0n) is 3.12. The van der Waals surface area contributed by atoms with E-state index in [-0.39, 0.29) is 51.3 Å². The van der Waals surface area contributed by atoms with Crippen LogP contribution in [0.3, 0.4) is 0 Å². The standard InChI is InChI=1S/NO3.2H2O.Pm/c2-1(3)4;;;/h;2*1H2;/q-1;;;. The fourth-order valence-electron chi connectivity index (χ4n) is 0. The van der Waals surface area contributed by atoms with E-state index in [4.69, 9.17) is 15.3 Å². The quantitative estimate of drug-likeness (QED) is 0.364. The predicted molar refractivity (Wildman–Crippen MR) is 17.6 cm³/mol. The zero-order chi connectivity index (χ0) is 3.58. The molecule has 0 unspecified atom stereocenters. The van der Waals surface area contributed by atoms with Gasteiger partial charge in [-0.15, -0.1) is 0 Å². The predicted octanol–water partition coefficient (Wildman–Crippen LogP) is -1.89. The van der Waals surface area contributed by atoms with E-state index in [0.29, 0.717) is 0 Å². The maximum absolute atomic E-state index is 8.25. The van der Waals surface area contributed by atoms with Gasteiger partial charge in [0.05, 0.1) is 5.09 Å². The smallest absolute Gasteiger partial charge is 0.0689 e. The molecule has 0 saturated carbocycles. The van der Waals surface area contributed by atoms with E-state index < -0.39 is 5.09 Å². The molecule has 0 saturated heterocycles. The molecule has 0 fully saturated rings. The van der Waals surface area contributed by atoms with Crippen molar-refractivity contribution in [2.75, 3.05) is 0 Å². The van der Waals surface area contributed by atoms with E-state index in [1.807, 2.05) is 0 Å². The molecule has 0 heterocycles. The summed E-state index contributed by atoms with van der Waals surface area (Å²) in [6, 6.07) is 0. The van der Waals surface area contributed by atoms with Gasteiger partial charge >= 0.3 is 0 Å². The summed E-state index contributed by atoms with van der Waals surface area (Å²) < 4.78 is 0. The molecule has 0 atom stereocenters. The summed E-state index contributed by atoms with van der Waals surface area (Å²) in [5, 5.41) is 14.8. The molecule has 0 rings (SSSR count). The van der Waals surface area contributed by atoms with Crippen molar-refractivity contribution in [2.45, 2.75) is 0 Å². The van der Waals surface area contributed by atoms with Crippen LogP contribution >= 0.6 is 0 Å². The van der Waals surface area contributed by atoms with Crippen LogP contribution in [0.25, 0.3) is 0 Å². The summed E-state index contributed by atoms with van der Waals surface area (Å²) in [5.74, 6) is 0. The number of rotatable bonds is 0. The maximum Gasteiger partial charge on any atom is 0.0689 e. The average molecular weight is 243 g/mol. The van der Waals surface area contributed by atoms with Crippen molar-refractivity contribution in [1.82, 2.24) is 0 Å². The molecule has 45 valence electrons. The van der Waals surface area contributed by atoms with Gasteiger partial charge in [0.25, 0.3) is 0 Å². The second kappa shape index (κ2) is 16.1. The SMILES string of the molecule is O.O.O=[N+]([O-])[O-].[Pm]. The molecule has 0 aliphatic carbocycles. The molecule has 0 spiro atoms. The Hall–Kier alpha value is 0.458. The maximum atomic E-state index is 8.25. The van der Waals surface area contributed by atoms with Gasteiger partial charge in [-0.1, -0.05) is 0 Å². The minimum atomic E-state index is -1.75. The molecular weight excluding hydrogens is 239 g/mol. The molecule has 0 aromatic carbocycles. The molecule has 0 aromatic rings. The monoisotopic (exact) mass is 243 g/mol. The van der Waals surface area contributed by atoms with E-state index in [0.717, 1.165) is 0 Å². The minimum Gasteiger partial charge on any atom is -0.412 e. The fourth-order valence-corrected chi connectivity index (χ4v) is 0. The van der Waals surface area contributed by atoms with Gasteiger partial charge in [0, 0.05) is 40.4 Å². The zero-order valence-corrected chi connectivity index (χ0v) is 5.99. The molecule has 4 N–H and O–H groups in total. The van der Waals surface area contributed by atoms with Crippen LogP contribution in [0, 0.1) is 55.7 Å². The summed E-state index contributed by atoms with van der Waals surface area (Å²) in [6.07, 6.45) is 0. The normalized spacial score (nSPS) is 3.43. The topological polar surface area (TPSA) is 129 Å². The average Bonchev–Trinajstić information content (AvgIpc) is 0.811. The van der Waals surface area contributed by atoms with Crippen LogP contribution in [0.4, 0.5) is 0 Å². The molecule has 6 nitrogen and oxygen atoms in total. The molecule has 7 heteroatoms. The van der Waals surface area contributed by atoms with Gasteiger partial charge in [-0.25, -0.2) is 0 Å². The summed E-state index contributed by atoms with van der Waals surface area (Å²) in [4.78, 5) is 8.25. The van der Waals surface area contributed by atoms with Crippen LogP contribution in [0.1, 0.15) is 0 Å². The van der Waals surface area contributed by atoms with Crippen molar-refractivity contribution in [2.24, 2.45) is 0 Å². The molecule has 0 bridgehead atoms. The van der Waals surface area contributed by atoms with Crippen LogP contribution < -0.4 is 0 Å². The summed E-state index contributed by atoms with van der Waals surface area (Å²) in [5.41, 5.74) is 0. The van der Waals surface area contributed by atoms with Gasteiger partial charge in [0.1, 0.15) is 0 Å². The fraction of sp³-hybridized carbons (Fsp3) is 0. The first-order chi connectivity index (χ1) is 1.73. The van der Waals surface area contributed by atoms with Gasteiger partial charge in [0.15, 0.2) is 0 Å². The van der Waals surface area contributed by atoms with E-state index >= 15 is 0 Å². The second-order valence-corrected chi connectivity index (χ2v) is 0.224. The van der Waals surface area contributed by atoms with Crippen LogP contribution in [0.5, 0.6) is 0 Å². The Morgan fingerprint density at radius 3 is 1.14 bits per heavy atom. The van der Waals surface area contributed by atoms with Crippen LogP contribution in [0.2, 0.25) is 0 Å². The Kier molecular flexibility index (Phi) is 59.8. The second-order valence-electron chi connectivity index (χ2n) is 0.224. The largest absolute Gasteiger partial charge is 0.412 e. The van der Waals surface area contributed by atoms with E-state index in [1.54, 1.807) is 0 Å². The molecule has 1 radical (unpaired) electrons. The first-order valence-corrected chi connectivity index (χ1v) is 0.548. The first-order valence-electron chi connectivity index (χ1n) is 0.548. The molecule has 0 aliphatic heterocycles. The number of hydrogen-bond acceptors (Lipinski definition) is 3. The van der Waals surface area contributed by atoms with E-state index in [1.165, 1.54) is 0 Å². The van der Waals surface area contributed by atoms with E-state index in [2.05, 4.69) is 0 Å². The Morgan fingerprint density at radius 2 is 1.14 bits per heavy atom. The first kappa shape index (κ1) is 26.0. The van der Waals surface area contributed by atoms with Crippen molar-refractivity contribution in [1.29, 1.82) is 0 Å². The van der Waals surface area contributed by atoms with Gasteiger partial charge in [-0.3, -0.25) is 0 Å². The molecular formula is H4NO5Pm-. The van der Waals surface area contributed by atoms with Gasteiger partial charge in [-0.05, 0) is 0 Å². The van der Waals surface area contributed by atoms with Crippen LogP contribution in [-0.2, 0) is 0 Å². The number of nitrogens with zero attached hydrogens (tertiary/aromatic N) is 1. The minimum absolute atomic E-state index is 0. The number of hydrogen-bond donors (Lipinski definition) is 0. The molecule has 0 aliphatic rings. The van der Waals surface area contributed by atoms with Crippen molar-refractivity contribution < 1.29 is 56.4 Å². The summed E-state index contributed by atoms with van der Waals surface area (Å²) >= 11 is 0. The van der Waals surface area contributed by atoms with Crippen LogP contribution in [0.15, 0.2) is 0 Å². The van der Waals surface area contributed by atoms with Crippen molar-refractivity contribution in [3.8, 4) is 0 Å². The van der Waals surface area contributed by atoms with Crippen molar-refractivity contribution in [3.05, 3.63) is 15.3 Å². The Bertz CT molecular complexity index is 31.1.